The van der Waals surface area contributed by atoms with E-state index in [9.17, 15) is 4.79 Å². The van der Waals surface area contributed by atoms with E-state index >= 15 is 0 Å². The molecule has 2 aromatic rings. The molecule has 0 unspecified atom stereocenters. The molecule has 3 rings (SSSR count). The molecular formula is C16H20N2O. The summed E-state index contributed by atoms with van der Waals surface area (Å²) in [5.74, 6) is 1.05. The fourth-order valence-corrected chi connectivity index (χ4v) is 2.86. The molecular weight excluding hydrogens is 236 g/mol. The van der Waals surface area contributed by atoms with Gasteiger partial charge >= 0.3 is 0 Å². The number of hydrogen-bond donors (Lipinski definition) is 1. The van der Waals surface area contributed by atoms with Crippen molar-refractivity contribution in [1.82, 2.24) is 4.98 Å². The predicted octanol–water partition coefficient (Wildman–Crippen LogP) is 3.00. The van der Waals surface area contributed by atoms with Gasteiger partial charge in [-0.3, -0.25) is 4.79 Å². The van der Waals surface area contributed by atoms with Crippen LogP contribution >= 0.6 is 0 Å². The van der Waals surface area contributed by atoms with Crippen LogP contribution in [0.15, 0.2) is 23.0 Å². The highest BCUT2D eigenvalue weighted by molar-refractivity contribution is 5.83. The number of nitrogens with one attached hydrogen (secondary N) is 1. The van der Waals surface area contributed by atoms with Gasteiger partial charge < -0.3 is 9.88 Å². The molecule has 0 fully saturated rings. The summed E-state index contributed by atoms with van der Waals surface area (Å²) in [6, 6.07) is 6.06. The van der Waals surface area contributed by atoms with Crippen molar-refractivity contribution in [2.45, 2.75) is 33.1 Å². The molecule has 1 N–H and O–H groups in total. The van der Waals surface area contributed by atoms with Gasteiger partial charge in [-0.1, -0.05) is 25.0 Å². The summed E-state index contributed by atoms with van der Waals surface area (Å²) in [7, 11) is 0. The summed E-state index contributed by atoms with van der Waals surface area (Å²) in [5.41, 5.74) is 3.28. The SMILES string of the molecule is CCCCN1CCc2c1[nH]c1ccc(C)cc1c2=O. The number of aromatic amines is 1. The number of pyridine rings is 1. The highest BCUT2D eigenvalue weighted by Crippen LogP contribution is 2.26. The maximum Gasteiger partial charge on any atom is 0.194 e. The smallest absolute Gasteiger partial charge is 0.194 e. The minimum absolute atomic E-state index is 0.214. The first-order valence-electron chi connectivity index (χ1n) is 7.11. The number of unbranched alkanes of at least 4 members (excludes halogenated alkanes) is 1. The van der Waals surface area contributed by atoms with E-state index in [0.717, 1.165) is 47.4 Å². The monoisotopic (exact) mass is 256 g/mol. The Morgan fingerprint density at radius 2 is 2.21 bits per heavy atom. The zero-order chi connectivity index (χ0) is 13.4. The van der Waals surface area contributed by atoms with E-state index in [4.69, 9.17) is 0 Å². The number of aromatic nitrogens is 1. The van der Waals surface area contributed by atoms with Gasteiger partial charge in [0.25, 0.3) is 0 Å². The molecule has 0 bridgehead atoms. The molecule has 2 heterocycles. The molecule has 0 atom stereocenters. The maximum atomic E-state index is 12.5. The average Bonchev–Trinajstić information content (AvgIpc) is 2.81. The zero-order valence-electron chi connectivity index (χ0n) is 11.6. The third-order valence-electron chi connectivity index (χ3n) is 3.96. The zero-order valence-corrected chi connectivity index (χ0v) is 11.6. The normalized spacial score (nSPS) is 14.1. The average molecular weight is 256 g/mol. The van der Waals surface area contributed by atoms with E-state index in [-0.39, 0.29) is 5.43 Å². The van der Waals surface area contributed by atoms with Crippen molar-refractivity contribution in [2.75, 3.05) is 18.0 Å². The van der Waals surface area contributed by atoms with Gasteiger partial charge in [0, 0.05) is 24.0 Å². The number of rotatable bonds is 3. The molecule has 3 nitrogen and oxygen atoms in total. The molecule has 0 radical (unpaired) electrons. The molecule has 0 amide bonds. The first-order chi connectivity index (χ1) is 9.20. The second-order valence-electron chi connectivity index (χ2n) is 5.42. The number of fused-ring (bicyclic) bond motifs is 2. The van der Waals surface area contributed by atoms with Crippen molar-refractivity contribution in [1.29, 1.82) is 0 Å². The number of aryl methyl sites for hydroxylation is 1. The van der Waals surface area contributed by atoms with Gasteiger partial charge in [0.15, 0.2) is 5.43 Å². The summed E-state index contributed by atoms with van der Waals surface area (Å²) in [4.78, 5) is 18.3. The van der Waals surface area contributed by atoms with Gasteiger partial charge in [-0.05, 0) is 31.9 Å². The van der Waals surface area contributed by atoms with Crippen LogP contribution in [-0.2, 0) is 6.42 Å². The van der Waals surface area contributed by atoms with Crippen LogP contribution in [0.25, 0.3) is 10.9 Å². The number of hydrogen-bond acceptors (Lipinski definition) is 2. The van der Waals surface area contributed by atoms with E-state index in [1.165, 1.54) is 12.8 Å². The van der Waals surface area contributed by atoms with Crippen LogP contribution in [0.5, 0.6) is 0 Å². The second-order valence-corrected chi connectivity index (χ2v) is 5.42. The van der Waals surface area contributed by atoms with Crippen molar-refractivity contribution in [3.8, 4) is 0 Å². The maximum absolute atomic E-state index is 12.5. The summed E-state index contributed by atoms with van der Waals surface area (Å²) < 4.78 is 0. The molecule has 3 heteroatoms. The van der Waals surface area contributed by atoms with Crippen LogP contribution < -0.4 is 10.3 Å². The van der Waals surface area contributed by atoms with Crippen molar-refractivity contribution >= 4 is 16.7 Å². The van der Waals surface area contributed by atoms with Crippen molar-refractivity contribution in [3.63, 3.8) is 0 Å². The van der Waals surface area contributed by atoms with Crippen LogP contribution in [0.2, 0.25) is 0 Å². The van der Waals surface area contributed by atoms with E-state index < -0.39 is 0 Å². The largest absolute Gasteiger partial charge is 0.357 e. The number of anilines is 1. The van der Waals surface area contributed by atoms with Crippen LogP contribution in [-0.4, -0.2) is 18.1 Å². The van der Waals surface area contributed by atoms with Crippen LogP contribution in [0.3, 0.4) is 0 Å². The number of H-pyrrole nitrogens is 1. The molecule has 1 aliphatic heterocycles. The van der Waals surface area contributed by atoms with Crippen LogP contribution in [0.4, 0.5) is 5.82 Å². The molecule has 0 aliphatic carbocycles. The Balaban J connectivity index is 2.13. The Labute approximate surface area is 113 Å². The topological polar surface area (TPSA) is 36.1 Å². The van der Waals surface area contributed by atoms with Crippen molar-refractivity contribution < 1.29 is 0 Å². The van der Waals surface area contributed by atoms with Gasteiger partial charge in [0.05, 0.1) is 5.52 Å². The Kier molecular flexibility index (Phi) is 3.05. The van der Waals surface area contributed by atoms with Gasteiger partial charge in [-0.25, -0.2) is 0 Å². The lowest BCUT2D eigenvalue weighted by molar-refractivity contribution is 0.732. The van der Waals surface area contributed by atoms with Crippen molar-refractivity contribution in [2.24, 2.45) is 0 Å². The highest BCUT2D eigenvalue weighted by Gasteiger charge is 2.23. The third kappa shape index (κ3) is 2.03. The van der Waals surface area contributed by atoms with E-state index in [1.807, 2.05) is 19.1 Å². The molecule has 100 valence electrons. The van der Waals surface area contributed by atoms with Crippen LogP contribution in [0, 0.1) is 6.92 Å². The van der Waals surface area contributed by atoms with Gasteiger partial charge in [-0.15, -0.1) is 0 Å². The van der Waals surface area contributed by atoms with E-state index in [1.54, 1.807) is 0 Å². The minimum Gasteiger partial charge on any atom is -0.357 e. The number of benzene rings is 1. The molecule has 0 saturated heterocycles. The third-order valence-corrected chi connectivity index (χ3v) is 3.96. The lowest BCUT2D eigenvalue weighted by atomic mass is 10.1. The minimum atomic E-state index is 0.214. The second kappa shape index (κ2) is 4.72. The molecule has 1 aromatic carbocycles. The Morgan fingerprint density at radius 3 is 3.00 bits per heavy atom. The van der Waals surface area contributed by atoms with E-state index in [2.05, 4.69) is 22.9 Å². The van der Waals surface area contributed by atoms with Gasteiger partial charge in [0.1, 0.15) is 5.82 Å². The Hall–Kier alpha value is -1.77. The molecule has 1 aliphatic rings. The van der Waals surface area contributed by atoms with Crippen molar-refractivity contribution in [3.05, 3.63) is 39.5 Å². The summed E-state index contributed by atoms with van der Waals surface area (Å²) in [5, 5.41) is 0.830. The fraction of sp³-hybridized carbons (Fsp3) is 0.438. The molecule has 0 spiro atoms. The Morgan fingerprint density at radius 1 is 1.37 bits per heavy atom. The summed E-state index contributed by atoms with van der Waals surface area (Å²) in [6.07, 6.45) is 3.23. The summed E-state index contributed by atoms with van der Waals surface area (Å²) >= 11 is 0. The fourth-order valence-electron chi connectivity index (χ4n) is 2.86. The standard InChI is InChI=1S/C16H20N2O/c1-3-4-8-18-9-7-12-15(19)13-10-11(2)5-6-14(13)17-16(12)18/h5-6,10H,3-4,7-9H2,1-2H3,(H,17,19). The molecule has 0 saturated carbocycles. The molecule has 19 heavy (non-hydrogen) atoms. The van der Waals surface area contributed by atoms with E-state index in [0.29, 0.717) is 0 Å². The molecule has 1 aromatic heterocycles. The van der Waals surface area contributed by atoms with Gasteiger partial charge in [0.2, 0.25) is 0 Å². The first kappa shape index (κ1) is 12.3. The Bertz CT molecular complexity index is 672. The van der Waals surface area contributed by atoms with Crippen LogP contribution in [0.1, 0.15) is 30.9 Å². The highest BCUT2D eigenvalue weighted by atomic mass is 16.1. The quantitative estimate of drug-likeness (QED) is 0.916. The summed E-state index contributed by atoms with van der Waals surface area (Å²) in [6.45, 7) is 6.23. The lowest BCUT2D eigenvalue weighted by Gasteiger charge is -2.18. The van der Waals surface area contributed by atoms with Gasteiger partial charge in [-0.2, -0.15) is 0 Å². The lowest BCUT2D eigenvalue weighted by Crippen LogP contribution is -2.22. The number of nitrogens with zero attached hydrogens (tertiary/aromatic N) is 1. The first-order valence-corrected chi connectivity index (χ1v) is 7.11. The predicted molar refractivity (Wildman–Crippen MR) is 80.1 cm³/mol.